The van der Waals surface area contributed by atoms with Crippen LogP contribution in [0.2, 0.25) is 5.15 Å². The third-order valence-electron chi connectivity index (χ3n) is 3.09. The first-order chi connectivity index (χ1) is 10.4. The quantitative estimate of drug-likeness (QED) is 0.678. The molecule has 0 saturated heterocycles. The van der Waals surface area contributed by atoms with Crippen LogP contribution in [0.5, 0.6) is 0 Å². The van der Waals surface area contributed by atoms with Crippen molar-refractivity contribution in [1.82, 2.24) is 9.55 Å². The van der Waals surface area contributed by atoms with Gasteiger partial charge in [0.1, 0.15) is 11.2 Å². The molecule has 0 spiro atoms. The van der Waals surface area contributed by atoms with Crippen LogP contribution in [0.3, 0.4) is 0 Å². The van der Waals surface area contributed by atoms with E-state index < -0.39 is 17.2 Å². The van der Waals surface area contributed by atoms with Gasteiger partial charge in [0.05, 0.1) is 5.39 Å². The molecular weight excluding hydrogens is 311 g/mol. The van der Waals surface area contributed by atoms with Crippen LogP contribution in [0, 0.1) is 5.82 Å². The average Bonchev–Trinajstić information content (AvgIpc) is 3.26. The topological polar surface area (TPSA) is 72.2 Å². The van der Waals surface area contributed by atoms with Gasteiger partial charge in [-0.3, -0.25) is 4.79 Å². The fourth-order valence-electron chi connectivity index (χ4n) is 2.01. The monoisotopic (exact) mass is 324 g/mol. The van der Waals surface area contributed by atoms with E-state index in [1.165, 1.54) is 6.20 Å². The third-order valence-corrected chi connectivity index (χ3v) is 3.35. The molecule has 1 fully saturated rings. The van der Waals surface area contributed by atoms with E-state index in [-0.39, 0.29) is 27.8 Å². The Bertz CT molecular complexity index is 813. The van der Waals surface area contributed by atoms with Crippen molar-refractivity contribution in [1.29, 1.82) is 0 Å². The molecule has 3 rings (SSSR count). The van der Waals surface area contributed by atoms with Crippen LogP contribution in [0.25, 0.3) is 11.0 Å². The minimum atomic E-state index is -1.34. The maximum atomic E-state index is 13.4. The van der Waals surface area contributed by atoms with Crippen molar-refractivity contribution in [2.45, 2.75) is 25.8 Å². The van der Waals surface area contributed by atoms with E-state index in [0.717, 1.165) is 18.9 Å². The number of carboxylic acid groups (broad SMARTS) is 1. The number of carboxylic acids is 1. The van der Waals surface area contributed by atoms with Gasteiger partial charge in [-0.25, -0.2) is 14.2 Å². The molecule has 2 aromatic heterocycles. The van der Waals surface area contributed by atoms with Crippen molar-refractivity contribution >= 4 is 28.6 Å². The first-order valence-electron chi connectivity index (χ1n) is 6.62. The minimum Gasteiger partial charge on any atom is -0.477 e. The van der Waals surface area contributed by atoms with E-state index >= 15 is 0 Å². The average molecular weight is 325 g/mol. The Morgan fingerprint density at radius 2 is 2.18 bits per heavy atom. The zero-order valence-corrected chi connectivity index (χ0v) is 12.6. The van der Waals surface area contributed by atoms with Crippen molar-refractivity contribution in [2.75, 3.05) is 0 Å². The highest BCUT2D eigenvalue weighted by atomic mass is 35.5. The molecule has 0 atom stereocenters. The summed E-state index contributed by atoms with van der Waals surface area (Å²) in [5, 5.41) is 8.63. The van der Waals surface area contributed by atoms with Crippen molar-refractivity contribution in [3.8, 4) is 0 Å². The lowest BCUT2D eigenvalue weighted by molar-refractivity contribution is 0.0695. The highest BCUT2D eigenvalue weighted by molar-refractivity contribution is 6.29. The molecule has 2 aromatic rings. The SMILES string of the molecule is C=CC.O=C(O)c1cn(C2CC2)c2nc(Cl)c(F)cc2c1=O. The summed E-state index contributed by atoms with van der Waals surface area (Å²) in [7, 11) is 0. The van der Waals surface area contributed by atoms with Crippen LogP contribution in [0.1, 0.15) is 36.2 Å². The number of hydrogen-bond donors (Lipinski definition) is 1. The first-order valence-corrected chi connectivity index (χ1v) is 6.99. The van der Waals surface area contributed by atoms with Crippen LogP contribution in [0.15, 0.2) is 29.7 Å². The van der Waals surface area contributed by atoms with E-state index in [1.54, 1.807) is 10.6 Å². The molecule has 0 aromatic carbocycles. The van der Waals surface area contributed by atoms with Gasteiger partial charge in [-0.15, -0.1) is 6.58 Å². The van der Waals surface area contributed by atoms with Crippen LogP contribution in [-0.2, 0) is 0 Å². The second-order valence-electron chi connectivity index (χ2n) is 4.86. The summed E-state index contributed by atoms with van der Waals surface area (Å²) in [5.41, 5.74) is -0.908. The lowest BCUT2D eigenvalue weighted by Gasteiger charge is -2.10. The first kappa shape index (κ1) is 16.2. The number of aromatic nitrogens is 2. The van der Waals surface area contributed by atoms with Gasteiger partial charge >= 0.3 is 5.97 Å². The molecule has 5 nitrogen and oxygen atoms in total. The molecule has 1 aliphatic rings. The fourth-order valence-corrected chi connectivity index (χ4v) is 2.14. The predicted molar refractivity (Wildman–Crippen MR) is 82.1 cm³/mol. The maximum absolute atomic E-state index is 13.4. The van der Waals surface area contributed by atoms with Crippen LogP contribution in [-0.4, -0.2) is 20.6 Å². The Kier molecular flexibility index (Phi) is 4.61. The molecule has 0 unspecified atom stereocenters. The van der Waals surface area contributed by atoms with Gasteiger partial charge in [-0.05, 0) is 25.8 Å². The van der Waals surface area contributed by atoms with E-state index in [9.17, 15) is 14.0 Å². The molecule has 1 N–H and O–H groups in total. The second-order valence-corrected chi connectivity index (χ2v) is 5.21. The zero-order valence-electron chi connectivity index (χ0n) is 11.8. The van der Waals surface area contributed by atoms with Gasteiger partial charge in [0, 0.05) is 12.2 Å². The molecule has 1 aliphatic carbocycles. The second kappa shape index (κ2) is 6.27. The standard InChI is InChI=1S/C12H8ClFN2O3.C3H6/c13-10-8(14)3-6-9(17)7(12(18)19)4-16(5-1-2-5)11(6)15-10;1-3-2/h3-5H,1-2H2,(H,18,19);3H,1H2,2H3. The van der Waals surface area contributed by atoms with E-state index in [2.05, 4.69) is 11.6 Å². The van der Waals surface area contributed by atoms with Gasteiger partial charge in [-0.2, -0.15) is 0 Å². The Labute approximate surface area is 130 Å². The molecule has 0 amide bonds. The molecule has 116 valence electrons. The number of halogens is 2. The number of pyridine rings is 2. The highest BCUT2D eigenvalue weighted by Gasteiger charge is 2.27. The zero-order chi connectivity index (χ0) is 16.4. The Hall–Kier alpha value is -2.21. The van der Waals surface area contributed by atoms with Crippen molar-refractivity contribution in [3.63, 3.8) is 0 Å². The number of nitrogens with zero attached hydrogens (tertiary/aromatic N) is 2. The van der Waals surface area contributed by atoms with Gasteiger partial charge in [0.15, 0.2) is 11.0 Å². The molecule has 2 heterocycles. The lowest BCUT2D eigenvalue weighted by Crippen LogP contribution is -2.19. The van der Waals surface area contributed by atoms with Crippen molar-refractivity contribution < 1.29 is 14.3 Å². The summed E-state index contributed by atoms with van der Waals surface area (Å²) in [6.07, 6.45) is 4.74. The molecule has 0 bridgehead atoms. The fraction of sp³-hybridized carbons (Fsp3) is 0.267. The minimum absolute atomic E-state index is 0.0614. The van der Waals surface area contributed by atoms with E-state index in [4.69, 9.17) is 16.7 Å². The Morgan fingerprint density at radius 3 is 2.68 bits per heavy atom. The summed E-state index contributed by atoms with van der Waals surface area (Å²) < 4.78 is 15.0. The van der Waals surface area contributed by atoms with Crippen LogP contribution >= 0.6 is 11.6 Å². The van der Waals surface area contributed by atoms with E-state index in [0.29, 0.717) is 0 Å². The number of hydrogen-bond acceptors (Lipinski definition) is 3. The van der Waals surface area contributed by atoms with Crippen molar-refractivity contribution in [3.05, 3.63) is 51.7 Å². The summed E-state index contributed by atoms with van der Waals surface area (Å²) in [5.74, 6) is -2.17. The number of allylic oxidation sites excluding steroid dienone is 1. The number of rotatable bonds is 2. The Morgan fingerprint density at radius 1 is 1.59 bits per heavy atom. The van der Waals surface area contributed by atoms with Crippen molar-refractivity contribution in [2.24, 2.45) is 0 Å². The number of carbonyl (C=O) groups is 1. The largest absolute Gasteiger partial charge is 0.477 e. The molecule has 0 aliphatic heterocycles. The molecular formula is C15H14ClFN2O3. The maximum Gasteiger partial charge on any atom is 0.341 e. The molecule has 1 saturated carbocycles. The molecule has 22 heavy (non-hydrogen) atoms. The number of fused-ring (bicyclic) bond motifs is 1. The van der Waals surface area contributed by atoms with Gasteiger partial charge in [0.25, 0.3) is 0 Å². The number of aromatic carboxylic acids is 1. The lowest BCUT2D eigenvalue weighted by atomic mass is 10.2. The van der Waals surface area contributed by atoms with Crippen LogP contribution in [0.4, 0.5) is 4.39 Å². The molecule has 0 radical (unpaired) electrons. The summed E-state index contributed by atoms with van der Waals surface area (Å²) in [6.45, 7) is 5.25. The smallest absolute Gasteiger partial charge is 0.341 e. The molecule has 7 heteroatoms. The summed E-state index contributed by atoms with van der Waals surface area (Å²) >= 11 is 5.62. The van der Waals surface area contributed by atoms with Crippen LogP contribution < -0.4 is 5.43 Å². The van der Waals surface area contributed by atoms with Gasteiger partial charge in [0.2, 0.25) is 5.43 Å². The summed E-state index contributed by atoms with van der Waals surface area (Å²) in [4.78, 5) is 26.9. The van der Waals surface area contributed by atoms with Gasteiger partial charge in [-0.1, -0.05) is 17.7 Å². The predicted octanol–water partition coefficient (Wildman–Crippen LogP) is 3.41. The normalized spacial score (nSPS) is 13.4. The van der Waals surface area contributed by atoms with Gasteiger partial charge < -0.3 is 9.67 Å². The Balaban J connectivity index is 0.000000545. The third kappa shape index (κ3) is 3.01. The summed E-state index contributed by atoms with van der Waals surface area (Å²) in [6, 6.07) is 1.04. The highest BCUT2D eigenvalue weighted by Crippen LogP contribution is 2.36. The van der Waals surface area contributed by atoms with E-state index in [1.807, 2.05) is 6.92 Å².